The van der Waals surface area contributed by atoms with Gasteiger partial charge in [-0.05, 0) is 13.3 Å². The summed E-state index contributed by atoms with van der Waals surface area (Å²) in [6, 6.07) is 0. The van der Waals surface area contributed by atoms with Crippen molar-refractivity contribution in [3.8, 4) is 0 Å². The fraction of sp³-hybridized carbons (Fsp3) is 0.875. The first-order valence-electron chi connectivity index (χ1n) is 3.90. The van der Waals surface area contributed by atoms with E-state index >= 15 is 0 Å². The van der Waals surface area contributed by atoms with Gasteiger partial charge in [-0.2, -0.15) is 0 Å². The summed E-state index contributed by atoms with van der Waals surface area (Å²) in [4.78, 5) is 10.1. The largest absolute Gasteiger partial charge is 0.550 e. The zero-order valence-electron chi connectivity index (χ0n) is 7.09. The van der Waals surface area contributed by atoms with Crippen molar-refractivity contribution in [2.75, 3.05) is 0 Å². The Morgan fingerprint density at radius 3 is 2.55 bits per heavy atom. The normalized spacial score (nSPS) is 15.9. The summed E-state index contributed by atoms with van der Waals surface area (Å²) < 4.78 is 0. The summed E-state index contributed by atoms with van der Waals surface area (Å²) in [7, 11) is 0. The molecule has 0 amide bonds. The fourth-order valence-electron chi connectivity index (χ4n) is 0.957. The maximum Gasteiger partial charge on any atom is 0.0671 e. The number of aliphatic carboxylic acids is 1. The predicted octanol–water partition coefficient (Wildman–Crippen LogP) is 0.0676. The second kappa shape index (κ2) is 4.34. The molecule has 66 valence electrons. The number of carboxylic acid groups (broad SMARTS) is 1. The lowest BCUT2D eigenvalue weighted by Crippen LogP contribution is -2.35. The average molecular weight is 159 g/mol. The zero-order chi connectivity index (χ0) is 8.91. The number of rotatable bonds is 5. The van der Waals surface area contributed by atoms with Crippen LogP contribution in [0, 0.1) is 0 Å². The first-order valence-corrected chi connectivity index (χ1v) is 3.90. The van der Waals surface area contributed by atoms with Gasteiger partial charge in [-0.15, -0.1) is 0 Å². The standard InChI is InChI=1S/C8H16O3/c1-3-4-5-8(2,11)6-7(9)10/h11H,3-6H2,1-2H3,(H,9,10)/p-1/t8-/m1/s1. The molecule has 0 aromatic rings. The van der Waals surface area contributed by atoms with Gasteiger partial charge in [0.1, 0.15) is 0 Å². The number of unbranched alkanes of at least 4 members (excludes halogenated alkanes) is 1. The van der Waals surface area contributed by atoms with E-state index in [0.29, 0.717) is 6.42 Å². The van der Waals surface area contributed by atoms with E-state index in [2.05, 4.69) is 0 Å². The number of carbonyl (C=O) groups is 1. The highest BCUT2D eigenvalue weighted by Gasteiger charge is 2.19. The van der Waals surface area contributed by atoms with Crippen molar-refractivity contribution in [1.29, 1.82) is 0 Å². The maximum atomic E-state index is 10.1. The quantitative estimate of drug-likeness (QED) is 0.617. The molecule has 0 unspecified atom stereocenters. The second-order valence-electron chi connectivity index (χ2n) is 3.15. The molecule has 0 aliphatic heterocycles. The number of aliphatic hydroxyl groups is 1. The van der Waals surface area contributed by atoms with E-state index in [1.807, 2.05) is 6.92 Å². The molecule has 0 bridgehead atoms. The Hall–Kier alpha value is -0.570. The summed E-state index contributed by atoms with van der Waals surface area (Å²) in [6.45, 7) is 3.52. The molecule has 0 aliphatic rings. The van der Waals surface area contributed by atoms with Gasteiger partial charge in [-0.1, -0.05) is 19.8 Å². The SMILES string of the molecule is CCCC[C@@](C)(O)CC(=O)[O-]. The molecule has 0 fully saturated rings. The molecule has 0 saturated heterocycles. The van der Waals surface area contributed by atoms with E-state index in [0.717, 1.165) is 12.8 Å². The minimum atomic E-state index is -1.19. The summed E-state index contributed by atoms with van der Waals surface area (Å²) >= 11 is 0. The highest BCUT2D eigenvalue weighted by molar-refractivity contribution is 5.65. The van der Waals surface area contributed by atoms with Crippen molar-refractivity contribution >= 4 is 5.97 Å². The Morgan fingerprint density at radius 1 is 1.64 bits per heavy atom. The van der Waals surface area contributed by atoms with Gasteiger partial charge < -0.3 is 15.0 Å². The van der Waals surface area contributed by atoms with Gasteiger partial charge in [-0.25, -0.2) is 0 Å². The van der Waals surface area contributed by atoms with Gasteiger partial charge in [0.2, 0.25) is 0 Å². The Bertz CT molecular complexity index is 129. The van der Waals surface area contributed by atoms with Crippen LogP contribution in [0.3, 0.4) is 0 Å². The van der Waals surface area contributed by atoms with Crippen LogP contribution >= 0.6 is 0 Å². The van der Waals surface area contributed by atoms with E-state index in [-0.39, 0.29) is 6.42 Å². The van der Waals surface area contributed by atoms with Gasteiger partial charge >= 0.3 is 0 Å². The van der Waals surface area contributed by atoms with Crippen LogP contribution < -0.4 is 5.11 Å². The molecule has 0 aliphatic carbocycles. The smallest absolute Gasteiger partial charge is 0.0671 e. The molecule has 0 spiro atoms. The topological polar surface area (TPSA) is 60.4 Å². The third-order valence-corrected chi connectivity index (χ3v) is 1.59. The highest BCUT2D eigenvalue weighted by Crippen LogP contribution is 2.16. The number of carbonyl (C=O) groups excluding carboxylic acids is 1. The summed E-state index contributed by atoms with van der Waals surface area (Å²) in [6.07, 6.45) is 2.06. The van der Waals surface area contributed by atoms with Crippen LogP contribution in [0.4, 0.5) is 0 Å². The number of carboxylic acids is 1. The summed E-state index contributed by atoms with van der Waals surface area (Å²) in [5.41, 5.74) is -1.09. The molecule has 0 aromatic carbocycles. The molecule has 1 atom stereocenters. The van der Waals surface area contributed by atoms with Crippen LogP contribution in [0.1, 0.15) is 39.5 Å². The first kappa shape index (κ1) is 10.4. The monoisotopic (exact) mass is 159 g/mol. The van der Waals surface area contributed by atoms with Crippen LogP contribution in [-0.4, -0.2) is 16.7 Å². The Kier molecular flexibility index (Phi) is 4.11. The summed E-state index contributed by atoms with van der Waals surface area (Å²) in [5.74, 6) is -1.19. The van der Waals surface area contributed by atoms with Gasteiger partial charge in [0.05, 0.1) is 5.60 Å². The van der Waals surface area contributed by atoms with Crippen molar-refractivity contribution < 1.29 is 15.0 Å². The van der Waals surface area contributed by atoms with E-state index in [1.165, 1.54) is 6.92 Å². The van der Waals surface area contributed by atoms with Gasteiger partial charge in [-0.3, -0.25) is 0 Å². The van der Waals surface area contributed by atoms with Crippen molar-refractivity contribution in [2.24, 2.45) is 0 Å². The lowest BCUT2D eigenvalue weighted by atomic mass is 9.96. The Balaban J connectivity index is 3.70. The molecule has 11 heavy (non-hydrogen) atoms. The highest BCUT2D eigenvalue weighted by atomic mass is 16.4. The molecular formula is C8H15O3-. The molecule has 1 N–H and O–H groups in total. The molecule has 0 radical (unpaired) electrons. The van der Waals surface area contributed by atoms with Crippen LogP contribution in [0.2, 0.25) is 0 Å². The predicted molar refractivity (Wildman–Crippen MR) is 39.8 cm³/mol. The van der Waals surface area contributed by atoms with Crippen LogP contribution in [0.5, 0.6) is 0 Å². The molecule has 0 rings (SSSR count). The molecule has 0 heterocycles. The first-order chi connectivity index (χ1) is 4.98. The van der Waals surface area contributed by atoms with E-state index in [4.69, 9.17) is 0 Å². The Morgan fingerprint density at radius 2 is 2.18 bits per heavy atom. The number of hydrogen-bond donors (Lipinski definition) is 1. The Labute approximate surface area is 67.0 Å². The minimum absolute atomic E-state index is 0.271. The van der Waals surface area contributed by atoms with Crippen LogP contribution in [-0.2, 0) is 4.79 Å². The van der Waals surface area contributed by atoms with Crippen molar-refractivity contribution in [3.05, 3.63) is 0 Å². The number of hydrogen-bond acceptors (Lipinski definition) is 3. The third kappa shape index (κ3) is 5.85. The van der Waals surface area contributed by atoms with Crippen LogP contribution in [0.25, 0.3) is 0 Å². The van der Waals surface area contributed by atoms with Crippen LogP contribution in [0.15, 0.2) is 0 Å². The van der Waals surface area contributed by atoms with Crippen molar-refractivity contribution in [2.45, 2.75) is 45.1 Å². The van der Waals surface area contributed by atoms with E-state index in [9.17, 15) is 15.0 Å². The van der Waals surface area contributed by atoms with Crippen molar-refractivity contribution in [1.82, 2.24) is 0 Å². The molecule has 0 aromatic heterocycles. The zero-order valence-corrected chi connectivity index (χ0v) is 7.09. The van der Waals surface area contributed by atoms with E-state index < -0.39 is 11.6 Å². The minimum Gasteiger partial charge on any atom is -0.550 e. The summed E-state index contributed by atoms with van der Waals surface area (Å²) in [5, 5.41) is 19.5. The molecule has 0 saturated carbocycles. The molecule has 3 heteroatoms. The fourth-order valence-corrected chi connectivity index (χ4v) is 0.957. The molecular weight excluding hydrogens is 144 g/mol. The van der Waals surface area contributed by atoms with Crippen molar-refractivity contribution in [3.63, 3.8) is 0 Å². The third-order valence-electron chi connectivity index (χ3n) is 1.59. The van der Waals surface area contributed by atoms with Gasteiger partial charge in [0.15, 0.2) is 0 Å². The molecule has 3 nitrogen and oxygen atoms in total. The van der Waals surface area contributed by atoms with Gasteiger partial charge in [0, 0.05) is 12.4 Å². The maximum absolute atomic E-state index is 10.1. The second-order valence-corrected chi connectivity index (χ2v) is 3.15. The van der Waals surface area contributed by atoms with E-state index in [1.54, 1.807) is 0 Å². The average Bonchev–Trinajstić information content (AvgIpc) is 1.81. The van der Waals surface area contributed by atoms with Gasteiger partial charge in [0.25, 0.3) is 0 Å². The lowest BCUT2D eigenvalue weighted by molar-refractivity contribution is -0.309. The lowest BCUT2D eigenvalue weighted by Gasteiger charge is -2.23.